The average molecular weight is 173 g/mol. The minimum absolute atomic E-state index is 0.743. The van der Waals surface area contributed by atoms with Crippen LogP contribution < -0.4 is 0 Å². The standard InChI is InChI=1S/C6H7NO5/c1-3(8)5(7-11)12-6(10)4(2)9/h11H,1-2H3. The largest absolute Gasteiger partial charge is 0.408 e. The molecule has 0 fully saturated rings. The fraction of sp³-hybridized carbons (Fsp3) is 0.333. The number of carbonyl (C=O) groups is 3. The molecule has 0 bridgehead atoms. The summed E-state index contributed by atoms with van der Waals surface area (Å²) in [5, 5.41) is 10.5. The lowest BCUT2D eigenvalue weighted by molar-refractivity contribution is -0.147. The Morgan fingerprint density at radius 1 is 1.17 bits per heavy atom. The number of nitrogens with zero attached hydrogens (tertiary/aromatic N) is 1. The number of carbonyl (C=O) groups excluding carboxylic acids is 3. The first-order chi connectivity index (χ1) is 5.49. The Hall–Kier alpha value is -1.72. The van der Waals surface area contributed by atoms with E-state index in [1.165, 1.54) is 0 Å². The van der Waals surface area contributed by atoms with E-state index < -0.39 is 23.4 Å². The van der Waals surface area contributed by atoms with Gasteiger partial charge >= 0.3 is 11.9 Å². The highest BCUT2D eigenvalue weighted by Gasteiger charge is 2.16. The van der Waals surface area contributed by atoms with E-state index in [0.29, 0.717) is 0 Å². The number of hydrogen-bond acceptors (Lipinski definition) is 6. The molecule has 0 aromatic carbocycles. The molecule has 0 saturated heterocycles. The minimum Gasteiger partial charge on any atom is -0.408 e. The van der Waals surface area contributed by atoms with Crippen molar-refractivity contribution < 1.29 is 24.3 Å². The van der Waals surface area contributed by atoms with Gasteiger partial charge in [-0.2, -0.15) is 0 Å². The summed E-state index contributed by atoms with van der Waals surface area (Å²) in [5.41, 5.74) is 0. The predicted octanol–water partition coefficient (Wildman–Crippen LogP) is -0.505. The van der Waals surface area contributed by atoms with Crippen LogP contribution in [0.25, 0.3) is 0 Å². The van der Waals surface area contributed by atoms with E-state index in [-0.39, 0.29) is 0 Å². The predicted molar refractivity (Wildman–Crippen MR) is 36.7 cm³/mol. The molecular formula is C6H7NO5. The van der Waals surface area contributed by atoms with Crippen LogP contribution in [0.5, 0.6) is 0 Å². The van der Waals surface area contributed by atoms with E-state index in [0.717, 1.165) is 13.8 Å². The third-order valence-corrected chi connectivity index (χ3v) is 0.869. The molecule has 0 radical (unpaired) electrons. The third kappa shape index (κ3) is 2.91. The van der Waals surface area contributed by atoms with Gasteiger partial charge in [0, 0.05) is 13.8 Å². The molecule has 0 rings (SSSR count). The Bertz CT molecular complexity index is 255. The van der Waals surface area contributed by atoms with Crippen LogP contribution in [0.3, 0.4) is 0 Å². The van der Waals surface area contributed by atoms with Crippen LogP contribution in [0.2, 0.25) is 0 Å². The minimum atomic E-state index is -1.24. The van der Waals surface area contributed by atoms with E-state index in [1.807, 2.05) is 0 Å². The van der Waals surface area contributed by atoms with Crippen LogP contribution in [0, 0.1) is 0 Å². The zero-order valence-corrected chi connectivity index (χ0v) is 6.53. The van der Waals surface area contributed by atoms with Gasteiger partial charge in [-0.05, 0) is 5.16 Å². The van der Waals surface area contributed by atoms with Gasteiger partial charge in [-0.1, -0.05) is 0 Å². The molecule has 0 saturated carbocycles. The molecule has 12 heavy (non-hydrogen) atoms. The van der Waals surface area contributed by atoms with Crippen LogP contribution >= 0.6 is 0 Å². The normalized spacial score (nSPS) is 10.7. The lowest BCUT2D eigenvalue weighted by atomic mass is 10.4. The maximum Gasteiger partial charge on any atom is 0.381 e. The first kappa shape index (κ1) is 10.3. The molecule has 66 valence electrons. The number of ketones is 2. The first-order valence-corrected chi connectivity index (χ1v) is 2.94. The lowest BCUT2D eigenvalue weighted by Gasteiger charge is -1.98. The summed E-state index contributed by atoms with van der Waals surface area (Å²) in [4.78, 5) is 31.2. The second-order valence-electron chi connectivity index (χ2n) is 1.91. The van der Waals surface area contributed by atoms with E-state index in [9.17, 15) is 14.4 Å². The summed E-state index contributed by atoms with van der Waals surface area (Å²) in [6.45, 7) is 2.00. The van der Waals surface area contributed by atoms with E-state index in [4.69, 9.17) is 5.21 Å². The quantitative estimate of drug-likeness (QED) is 0.152. The van der Waals surface area contributed by atoms with Crippen LogP contribution in [0.4, 0.5) is 0 Å². The number of Topliss-reactive ketones (excluding diaryl/α,β-unsaturated/α-hetero) is 2. The molecule has 1 N–H and O–H groups in total. The van der Waals surface area contributed by atoms with Crippen molar-refractivity contribution >= 4 is 23.4 Å². The van der Waals surface area contributed by atoms with Gasteiger partial charge in [0.1, 0.15) is 0 Å². The molecule has 6 heteroatoms. The Labute approximate surface area is 67.8 Å². The van der Waals surface area contributed by atoms with E-state index >= 15 is 0 Å². The Morgan fingerprint density at radius 3 is 1.92 bits per heavy atom. The number of ether oxygens (including phenoxy) is 1. The first-order valence-electron chi connectivity index (χ1n) is 2.94. The molecule has 0 aromatic rings. The molecule has 6 nitrogen and oxygen atoms in total. The number of hydrogen-bond donors (Lipinski definition) is 1. The summed E-state index contributed by atoms with van der Waals surface area (Å²) in [5.74, 6) is -3.65. The lowest BCUT2D eigenvalue weighted by Crippen LogP contribution is -2.23. The highest BCUT2D eigenvalue weighted by Crippen LogP contribution is 1.87. The van der Waals surface area contributed by atoms with Crippen molar-refractivity contribution in [3.63, 3.8) is 0 Å². The summed E-state index contributed by atoms with van der Waals surface area (Å²) in [7, 11) is 0. The Morgan fingerprint density at radius 2 is 1.67 bits per heavy atom. The molecule has 0 aromatic heterocycles. The zero-order valence-electron chi connectivity index (χ0n) is 6.53. The van der Waals surface area contributed by atoms with Crippen molar-refractivity contribution in [2.24, 2.45) is 5.16 Å². The van der Waals surface area contributed by atoms with Crippen molar-refractivity contribution in [3.8, 4) is 0 Å². The summed E-state index contributed by atoms with van der Waals surface area (Å²) in [6, 6.07) is 0. The van der Waals surface area contributed by atoms with Gasteiger partial charge < -0.3 is 9.94 Å². The number of rotatable bonds is 2. The van der Waals surface area contributed by atoms with Gasteiger partial charge in [0.05, 0.1) is 0 Å². The van der Waals surface area contributed by atoms with Crippen molar-refractivity contribution in [1.82, 2.24) is 0 Å². The average Bonchev–Trinajstić information content (AvgIpc) is 1.98. The molecule has 0 unspecified atom stereocenters. The summed E-state index contributed by atoms with van der Waals surface area (Å²) in [6.07, 6.45) is 0. The third-order valence-electron chi connectivity index (χ3n) is 0.869. The van der Waals surface area contributed by atoms with Gasteiger partial charge in [-0.25, -0.2) is 4.79 Å². The summed E-state index contributed by atoms with van der Waals surface area (Å²) >= 11 is 0. The second kappa shape index (κ2) is 4.22. The number of oxime groups is 1. The van der Waals surface area contributed by atoms with Crippen LogP contribution in [0.15, 0.2) is 5.16 Å². The van der Waals surface area contributed by atoms with Crippen molar-refractivity contribution in [1.29, 1.82) is 0 Å². The fourth-order valence-electron chi connectivity index (χ4n) is 0.322. The zero-order chi connectivity index (χ0) is 9.72. The van der Waals surface area contributed by atoms with Gasteiger partial charge in [0.25, 0.3) is 0 Å². The highest BCUT2D eigenvalue weighted by molar-refractivity contribution is 6.42. The van der Waals surface area contributed by atoms with Crippen LogP contribution in [0.1, 0.15) is 13.8 Å². The topological polar surface area (TPSA) is 93.0 Å². The number of esters is 1. The second-order valence-corrected chi connectivity index (χ2v) is 1.91. The van der Waals surface area contributed by atoms with E-state index in [1.54, 1.807) is 0 Å². The van der Waals surface area contributed by atoms with Crippen LogP contribution in [-0.4, -0.2) is 28.6 Å². The molecule has 0 aliphatic carbocycles. The van der Waals surface area contributed by atoms with Gasteiger partial charge in [-0.3, -0.25) is 9.59 Å². The van der Waals surface area contributed by atoms with Crippen molar-refractivity contribution in [2.75, 3.05) is 0 Å². The van der Waals surface area contributed by atoms with Crippen molar-refractivity contribution in [3.05, 3.63) is 0 Å². The SMILES string of the molecule is CC(=O)C(=O)OC(=NO)C(C)=O. The fourth-order valence-corrected chi connectivity index (χ4v) is 0.322. The van der Waals surface area contributed by atoms with E-state index in [2.05, 4.69) is 9.89 Å². The van der Waals surface area contributed by atoms with Crippen LogP contribution in [-0.2, 0) is 19.1 Å². The Kier molecular flexibility index (Phi) is 3.61. The molecule has 0 spiro atoms. The highest BCUT2D eigenvalue weighted by atomic mass is 16.6. The molecule has 0 aliphatic rings. The Balaban J connectivity index is 4.34. The maximum absolute atomic E-state index is 10.5. The van der Waals surface area contributed by atoms with Gasteiger partial charge in [-0.15, -0.1) is 0 Å². The molecule has 0 heterocycles. The molecule has 0 aliphatic heterocycles. The van der Waals surface area contributed by atoms with Gasteiger partial charge in [0.2, 0.25) is 11.6 Å². The van der Waals surface area contributed by atoms with Crippen molar-refractivity contribution in [2.45, 2.75) is 13.8 Å². The molecule has 0 amide bonds. The van der Waals surface area contributed by atoms with Gasteiger partial charge in [0.15, 0.2) is 0 Å². The smallest absolute Gasteiger partial charge is 0.381 e. The monoisotopic (exact) mass is 173 g/mol. The maximum atomic E-state index is 10.5. The molecular weight excluding hydrogens is 166 g/mol. The molecule has 0 atom stereocenters. The summed E-state index contributed by atoms with van der Waals surface area (Å²) < 4.78 is 4.08.